The van der Waals surface area contributed by atoms with E-state index in [1.165, 1.54) is 17.5 Å². The number of benzene rings is 1. The standard InChI is InChI=1S/C12H10/c1-2-7-11-9(4-1)5-3-6-10-8-12(10)11/h1-4,6-7H,5,8H2. The first kappa shape index (κ1) is 6.24. The Hall–Kier alpha value is -1.30. The van der Waals surface area contributed by atoms with E-state index in [2.05, 4.69) is 36.4 Å². The van der Waals surface area contributed by atoms with Gasteiger partial charge < -0.3 is 0 Å². The van der Waals surface area contributed by atoms with Gasteiger partial charge in [-0.25, -0.2) is 0 Å². The Labute approximate surface area is 72.2 Å². The normalized spacial score (nSPS) is 18.3. The van der Waals surface area contributed by atoms with Gasteiger partial charge >= 0.3 is 0 Å². The minimum Gasteiger partial charge on any atom is -0.0798 e. The summed E-state index contributed by atoms with van der Waals surface area (Å²) >= 11 is 0. The fraction of sp³-hybridized carbons (Fsp3) is 0.167. The van der Waals surface area contributed by atoms with Crippen molar-refractivity contribution in [3.63, 3.8) is 0 Å². The Morgan fingerprint density at radius 3 is 3.00 bits per heavy atom. The number of fused-ring (bicyclic) bond motifs is 2. The molecule has 2 aliphatic carbocycles. The predicted molar refractivity (Wildman–Crippen MR) is 50.8 cm³/mol. The van der Waals surface area contributed by atoms with Crippen LogP contribution in [-0.2, 0) is 6.42 Å². The van der Waals surface area contributed by atoms with Gasteiger partial charge in [0, 0.05) is 0 Å². The molecule has 58 valence electrons. The van der Waals surface area contributed by atoms with Crippen molar-refractivity contribution in [1.29, 1.82) is 0 Å². The van der Waals surface area contributed by atoms with Crippen molar-refractivity contribution in [2.75, 3.05) is 0 Å². The Morgan fingerprint density at radius 2 is 2.00 bits per heavy atom. The molecule has 0 amide bonds. The maximum Gasteiger partial charge on any atom is -0.00139 e. The van der Waals surface area contributed by atoms with Gasteiger partial charge in [0.1, 0.15) is 0 Å². The second-order valence-electron chi connectivity index (χ2n) is 3.44. The van der Waals surface area contributed by atoms with Crippen LogP contribution < -0.4 is 0 Å². The average molecular weight is 154 g/mol. The lowest BCUT2D eigenvalue weighted by Crippen LogP contribution is -1.86. The molecule has 0 aliphatic heterocycles. The molecule has 0 fully saturated rings. The molecule has 0 saturated heterocycles. The smallest absolute Gasteiger partial charge is 0.00139 e. The quantitative estimate of drug-likeness (QED) is 0.539. The van der Waals surface area contributed by atoms with Crippen LogP contribution >= 0.6 is 0 Å². The van der Waals surface area contributed by atoms with Gasteiger partial charge in [0.15, 0.2) is 0 Å². The molecule has 0 heterocycles. The molecule has 0 spiro atoms. The van der Waals surface area contributed by atoms with Gasteiger partial charge in [0.05, 0.1) is 0 Å². The van der Waals surface area contributed by atoms with Crippen LogP contribution in [0.3, 0.4) is 0 Å². The van der Waals surface area contributed by atoms with Crippen molar-refractivity contribution in [1.82, 2.24) is 0 Å². The largest absolute Gasteiger partial charge is 0.0798 e. The zero-order valence-electron chi connectivity index (χ0n) is 6.88. The van der Waals surface area contributed by atoms with Crippen LogP contribution in [-0.4, -0.2) is 0 Å². The molecule has 2 aliphatic rings. The summed E-state index contributed by atoms with van der Waals surface area (Å²) in [6.07, 6.45) is 6.86. The van der Waals surface area contributed by atoms with Gasteiger partial charge in [-0.15, -0.1) is 0 Å². The van der Waals surface area contributed by atoms with Crippen LogP contribution in [0, 0.1) is 0 Å². The van der Waals surface area contributed by atoms with Crippen molar-refractivity contribution in [3.8, 4) is 0 Å². The summed E-state index contributed by atoms with van der Waals surface area (Å²) in [5, 5.41) is 0. The van der Waals surface area contributed by atoms with Crippen LogP contribution in [0.15, 0.2) is 42.0 Å². The maximum atomic E-state index is 2.27. The van der Waals surface area contributed by atoms with Gasteiger partial charge in [-0.05, 0) is 35.1 Å². The SMILES string of the molecule is C1=CC2=C(C2)c2ccccc2C1. The average Bonchev–Trinajstić information content (AvgIpc) is 2.82. The molecule has 0 saturated carbocycles. The van der Waals surface area contributed by atoms with Crippen LogP contribution in [0.4, 0.5) is 0 Å². The summed E-state index contributed by atoms with van der Waals surface area (Å²) < 4.78 is 0. The summed E-state index contributed by atoms with van der Waals surface area (Å²) in [4.78, 5) is 0. The number of hydrogen-bond acceptors (Lipinski definition) is 0. The van der Waals surface area contributed by atoms with Gasteiger partial charge in [-0.2, -0.15) is 0 Å². The summed E-state index contributed by atoms with van der Waals surface area (Å²) in [5.41, 5.74) is 6.08. The fourth-order valence-corrected chi connectivity index (χ4v) is 1.89. The van der Waals surface area contributed by atoms with Gasteiger partial charge in [0.25, 0.3) is 0 Å². The zero-order chi connectivity index (χ0) is 7.97. The van der Waals surface area contributed by atoms with Crippen molar-refractivity contribution in [2.24, 2.45) is 0 Å². The molecule has 0 radical (unpaired) electrons. The van der Waals surface area contributed by atoms with Gasteiger partial charge in [-0.3, -0.25) is 0 Å². The second-order valence-corrected chi connectivity index (χ2v) is 3.44. The molecule has 1 aromatic rings. The maximum absolute atomic E-state index is 2.27. The Kier molecular flexibility index (Phi) is 1.09. The van der Waals surface area contributed by atoms with Gasteiger partial charge in [0.2, 0.25) is 0 Å². The Morgan fingerprint density at radius 1 is 1.08 bits per heavy atom. The lowest BCUT2D eigenvalue weighted by atomic mass is 10.0. The highest BCUT2D eigenvalue weighted by Gasteiger charge is 2.23. The Balaban J connectivity index is 2.24. The molecule has 0 heteroatoms. The molecular formula is C12H10. The molecule has 1 aromatic carbocycles. The molecule has 0 bridgehead atoms. The monoisotopic (exact) mass is 154 g/mol. The number of rotatable bonds is 0. The highest BCUT2D eigenvalue weighted by atomic mass is 14.3. The van der Waals surface area contributed by atoms with E-state index in [0.717, 1.165) is 6.42 Å². The van der Waals surface area contributed by atoms with E-state index in [4.69, 9.17) is 0 Å². The van der Waals surface area contributed by atoms with Crippen molar-refractivity contribution < 1.29 is 0 Å². The molecule has 3 rings (SSSR count). The third-order valence-electron chi connectivity index (χ3n) is 2.63. The molecule has 0 nitrogen and oxygen atoms in total. The number of allylic oxidation sites excluding steroid dienone is 4. The summed E-state index contributed by atoms with van der Waals surface area (Å²) in [6, 6.07) is 8.73. The first-order valence-electron chi connectivity index (χ1n) is 4.42. The molecule has 12 heavy (non-hydrogen) atoms. The topological polar surface area (TPSA) is 0 Å². The van der Waals surface area contributed by atoms with Crippen LogP contribution in [0.1, 0.15) is 17.5 Å². The zero-order valence-corrected chi connectivity index (χ0v) is 6.88. The van der Waals surface area contributed by atoms with E-state index in [9.17, 15) is 0 Å². The van der Waals surface area contributed by atoms with Crippen LogP contribution in [0.25, 0.3) is 5.57 Å². The first-order chi connectivity index (χ1) is 5.95. The highest BCUT2D eigenvalue weighted by molar-refractivity contribution is 5.87. The van der Waals surface area contributed by atoms with E-state index in [0.29, 0.717) is 0 Å². The van der Waals surface area contributed by atoms with Crippen molar-refractivity contribution in [3.05, 3.63) is 53.1 Å². The van der Waals surface area contributed by atoms with E-state index < -0.39 is 0 Å². The minimum atomic E-state index is 1.10. The lowest BCUT2D eigenvalue weighted by Gasteiger charge is -2.02. The van der Waals surface area contributed by atoms with E-state index in [-0.39, 0.29) is 0 Å². The number of hydrogen-bond donors (Lipinski definition) is 0. The molecular weight excluding hydrogens is 144 g/mol. The van der Waals surface area contributed by atoms with E-state index in [1.54, 1.807) is 11.1 Å². The van der Waals surface area contributed by atoms with E-state index in [1.807, 2.05) is 0 Å². The fourth-order valence-electron chi connectivity index (χ4n) is 1.89. The van der Waals surface area contributed by atoms with Crippen molar-refractivity contribution in [2.45, 2.75) is 12.8 Å². The van der Waals surface area contributed by atoms with E-state index >= 15 is 0 Å². The molecule has 0 unspecified atom stereocenters. The molecule has 0 atom stereocenters. The Bertz CT molecular complexity index is 394. The first-order valence-corrected chi connectivity index (χ1v) is 4.42. The van der Waals surface area contributed by atoms with Crippen molar-refractivity contribution >= 4 is 5.57 Å². The predicted octanol–water partition coefficient (Wildman–Crippen LogP) is 2.96. The van der Waals surface area contributed by atoms with Gasteiger partial charge in [-0.1, -0.05) is 36.4 Å². The third kappa shape index (κ3) is 0.781. The highest BCUT2D eigenvalue weighted by Crippen LogP contribution is 2.43. The minimum absolute atomic E-state index is 1.10. The third-order valence-corrected chi connectivity index (χ3v) is 2.63. The lowest BCUT2D eigenvalue weighted by molar-refractivity contribution is 1.25. The second kappa shape index (κ2) is 2.10. The summed E-state index contributed by atoms with van der Waals surface area (Å²) in [6.45, 7) is 0. The molecule has 0 N–H and O–H groups in total. The van der Waals surface area contributed by atoms with Crippen LogP contribution in [0.5, 0.6) is 0 Å². The summed E-state index contributed by atoms with van der Waals surface area (Å²) in [5.74, 6) is 0. The van der Waals surface area contributed by atoms with Crippen LogP contribution in [0.2, 0.25) is 0 Å². The molecule has 0 aromatic heterocycles. The summed E-state index contributed by atoms with van der Waals surface area (Å²) in [7, 11) is 0.